The summed E-state index contributed by atoms with van der Waals surface area (Å²) in [7, 11) is 0. The molecule has 1 amide bonds. The lowest BCUT2D eigenvalue weighted by Crippen LogP contribution is -2.25. The first-order chi connectivity index (χ1) is 13.2. The van der Waals surface area contributed by atoms with E-state index in [0.717, 1.165) is 27.9 Å². The average Bonchev–Trinajstić information content (AvgIpc) is 3.05. The van der Waals surface area contributed by atoms with Gasteiger partial charge in [0, 0.05) is 29.9 Å². The van der Waals surface area contributed by atoms with E-state index in [-0.39, 0.29) is 5.91 Å². The Labute approximate surface area is 160 Å². The Kier molecular flexibility index (Phi) is 4.80. The lowest BCUT2D eigenvalue weighted by Gasteiger charge is -2.04. The highest BCUT2D eigenvalue weighted by Gasteiger charge is 2.17. The number of thiophene rings is 1. The number of fused-ring (bicyclic) bond motifs is 1. The number of amides is 1. The minimum absolute atomic E-state index is 0.156. The number of hydrogen-bond donors (Lipinski definition) is 2. The Hall–Kier alpha value is -3.25. The van der Waals surface area contributed by atoms with Crippen molar-refractivity contribution in [2.45, 2.75) is 6.42 Å². The van der Waals surface area contributed by atoms with Crippen molar-refractivity contribution in [2.24, 2.45) is 0 Å². The number of nitrogens with one attached hydrogen (secondary N) is 1. The highest BCUT2D eigenvalue weighted by Crippen LogP contribution is 2.34. The van der Waals surface area contributed by atoms with Gasteiger partial charge in [-0.1, -0.05) is 30.3 Å². The van der Waals surface area contributed by atoms with E-state index in [4.69, 9.17) is 5.73 Å². The zero-order chi connectivity index (χ0) is 18.6. The number of nitrogen functional groups attached to an aromatic ring is 1. The van der Waals surface area contributed by atoms with Gasteiger partial charge in [0.25, 0.3) is 5.91 Å². The van der Waals surface area contributed by atoms with Gasteiger partial charge in [-0.05, 0) is 36.2 Å². The van der Waals surface area contributed by atoms with Gasteiger partial charge in [0.05, 0.1) is 11.4 Å². The largest absolute Gasteiger partial charge is 0.397 e. The first-order valence-corrected chi connectivity index (χ1v) is 9.45. The van der Waals surface area contributed by atoms with Gasteiger partial charge in [0.15, 0.2) is 0 Å². The molecule has 0 radical (unpaired) electrons. The number of benzene rings is 1. The van der Waals surface area contributed by atoms with E-state index in [0.29, 0.717) is 17.1 Å². The zero-order valence-corrected chi connectivity index (χ0v) is 15.4. The lowest BCUT2D eigenvalue weighted by molar-refractivity contribution is 0.0959. The van der Waals surface area contributed by atoms with Gasteiger partial charge in [-0.3, -0.25) is 9.78 Å². The summed E-state index contributed by atoms with van der Waals surface area (Å²) in [4.78, 5) is 22.5. The fourth-order valence-electron chi connectivity index (χ4n) is 2.89. The molecule has 0 aliphatic carbocycles. The van der Waals surface area contributed by atoms with Crippen LogP contribution in [-0.2, 0) is 6.42 Å². The van der Waals surface area contributed by atoms with Crippen molar-refractivity contribution in [2.75, 3.05) is 12.3 Å². The maximum atomic E-state index is 12.6. The Balaban J connectivity index is 1.53. The van der Waals surface area contributed by atoms with E-state index in [2.05, 4.69) is 15.3 Å². The molecule has 0 atom stereocenters. The highest BCUT2D eigenvalue weighted by atomic mass is 32.1. The summed E-state index contributed by atoms with van der Waals surface area (Å²) in [6.45, 7) is 0.562. The Bertz CT molecular complexity index is 1080. The predicted molar refractivity (Wildman–Crippen MR) is 110 cm³/mol. The van der Waals surface area contributed by atoms with Crippen LogP contribution in [0.1, 0.15) is 15.2 Å². The summed E-state index contributed by atoms with van der Waals surface area (Å²) < 4.78 is 0. The van der Waals surface area contributed by atoms with Gasteiger partial charge < -0.3 is 11.1 Å². The highest BCUT2D eigenvalue weighted by molar-refractivity contribution is 7.21. The summed E-state index contributed by atoms with van der Waals surface area (Å²) in [5.41, 5.74) is 9.70. The van der Waals surface area contributed by atoms with Crippen LogP contribution in [0.4, 0.5) is 5.69 Å². The summed E-state index contributed by atoms with van der Waals surface area (Å²) >= 11 is 1.32. The summed E-state index contributed by atoms with van der Waals surface area (Å²) in [6, 6.07) is 17.7. The second-order valence-electron chi connectivity index (χ2n) is 6.12. The van der Waals surface area contributed by atoms with E-state index in [9.17, 15) is 4.79 Å². The minimum atomic E-state index is -0.156. The maximum absolute atomic E-state index is 12.6. The first kappa shape index (κ1) is 17.2. The Morgan fingerprint density at radius 2 is 1.81 bits per heavy atom. The quantitative estimate of drug-likeness (QED) is 0.555. The van der Waals surface area contributed by atoms with Gasteiger partial charge in [-0.2, -0.15) is 0 Å². The SMILES string of the molecule is Nc1c(C(=O)NCCc2ccccc2)sc2nc(-c3ccncc3)ccc12. The number of rotatable bonds is 5. The third kappa shape index (κ3) is 3.66. The molecule has 4 rings (SSSR count). The molecular formula is C21H18N4OS. The number of anilines is 1. The van der Waals surface area contributed by atoms with Crippen molar-refractivity contribution in [3.63, 3.8) is 0 Å². The van der Waals surface area contributed by atoms with Gasteiger partial charge in [0.1, 0.15) is 9.71 Å². The lowest BCUT2D eigenvalue weighted by atomic mass is 10.1. The summed E-state index contributed by atoms with van der Waals surface area (Å²) in [5, 5.41) is 3.76. The molecule has 0 aliphatic heterocycles. The van der Waals surface area contributed by atoms with Gasteiger partial charge in [-0.25, -0.2) is 4.98 Å². The third-order valence-corrected chi connectivity index (χ3v) is 5.43. The molecule has 3 heterocycles. The smallest absolute Gasteiger partial charge is 0.263 e. The van der Waals surface area contributed by atoms with E-state index < -0.39 is 0 Å². The second kappa shape index (κ2) is 7.55. The van der Waals surface area contributed by atoms with Crippen molar-refractivity contribution >= 4 is 33.1 Å². The molecule has 5 nitrogen and oxygen atoms in total. The van der Waals surface area contributed by atoms with Crippen LogP contribution in [0.5, 0.6) is 0 Å². The van der Waals surface area contributed by atoms with E-state index in [1.807, 2.05) is 54.6 Å². The molecule has 0 bridgehead atoms. The van der Waals surface area contributed by atoms with Crippen molar-refractivity contribution < 1.29 is 4.79 Å². The minimum Gasteiger partial charge on any atom is -0.397 e. The topological polar surface area (TPSA) is 80.9 Å². The first-order valence-electron chi connectivity index (χ1n) is 8.64. The molecule has 1 aromatic carbocycles. The fraction of sp³-hybridized carbons (Fsp3) is 0.0952. The van der Waals surface area contributed by atoms with Crippen molar-refractivity contribution in [1.29, 1.82) is 0 Å². The Morgan fingerprint density at radius 1 is 1.04 bits per heavy atom. The fourth-order valence-corrected chi connectivity index (χ4v) is 3.90. The molecule has 0 saturated carbocycles. The van der Waals surface area contributed by atoms with Crippen molar-refractivity contribution in [3.8, 4) is 11.3 Å². The van der Waals surface area contributed by atoms with Crippen LogP contribution in [0.2, 0.25) is 0 Å². The number of aromatic nitrogens is 2. The monoisotopic (exact) mass is 374 g/mol. The van der Waals surface area contributed by atoms with E-state index in [1.54, 1.807) is 12.4 Å². The zero-order valence-electron chi connectivity index (χ0n) is 14.6. The van der Waals surface area contributed by atoms with Gasteiger partial charge in [0.2, 0.25) is 0 Å². The van der Waals surface area contributed by atoms with Crippen LogP contribution in [0.15, 0.2) is 67.0 Å². The molecule has 0 fully saturated rings. The average molecular weight is 374 g/mol. The molecule has 0 spiro atoms. The van der Waals surface area contributed by atoms with Crippen LogP contribution >= 0.6 is 11.3 Å². The molecule has 4 aromatic rings. The van der Waals surface area contributed by atoms with Gasteiger partial charge >= 0.3 is 0 Å². The molecule has 6 heteroatoms. The molecule has 27 heavy (non-hydrogen) atoms. The summed E-state index contributed by atoms with van der Waals surface area (Å²) in [5.74, 6) is -0.156. The van der Waals surface area contributed by atoms with Crippen LogP contribution in [0.25, 0.3) is 21.5 Å². The van der Waals surface area contributed by atoms with Crippen molar-refractivity contribution in [1.82, 2.24) is 15.3 Å². The van der Waals surface area contributed by atoms with E-state index >= 15 is 0 Å². The summed E-state index contributed by atoms with van der Waals surface area (Å²) in [6.07, 6.45) is 4.24. The second-order valence-corrected chi connectivity index (χ2v) is 7.12. The van der Waals surface area contributed by atoms with Crippen LogP contribution < -0.4 is 11.1 Å². The molecule has 0 saturated heterocycles. The number of carbonyl (C=O) groups excluding carboxylic acids is 1. The molecule has 3 N–H and O–H groups in total. The number of pyridine rings is 2. The third-order valence-electron chi connectivity index (χ3n) is 4.32. The van der Waals surface area contributed by atoms with E-state index in [1.165, 1.54) is 16.9 Å². The predicted octanol–water partition coefficient (Wildman–Crippen LogP) is 3.91. The van der Waals surface area contributed by atoms with Crippen molar-refractivity contribution in [3.05, 3.63) is 77.4 Å². The normalized spacial score (nSPS) is 10.8. The van der Waals surface area contributed by atoms with Crippen LogP contribution in [0, 0.1) is 0 Å². The molecular weight excluding hydrogens is 356 g/mol. The number of nitrogens with zero attached hydrogens (tertiary/aromatic N) is 2. The van der Waals surface area contributed by atoms with Crippen LogP contribution in [-0.4, -0.2) is 22.4 Å². The standard InChI is InChI=1S/C21H18N4OS/c22-18-16-6-7-17(15-9-11-23-12-10-15)25-21(16)27-19(18)20(26)24-13-8-14-4-2-1-3-5-14/h1-7,9-12H,8,13,22H2,(H,24,26). The van der Waals surface area contributed by atoms with Crippen LogP contribution in [0.3, 0.4) is 0 Å². The number of nitrogens with two attached hydrogens (primary N) is 1. The number of hydrogen-bond acceptors (Lipinski definition) is 5. The Morgan fingerprint density at radius 3 is 2.59 bits per heavy atom. The molecule has 134 valence electrons. The molecule has 0 aliphatic rings. The number of carbonyl (C=O) groups is 1. The molecule has 3 aromatic heterocycles. The maximum Gasteiger partial charge on any atom is 0.263 e. The van der Waals surface area contributed by atoms with Gasteiger partial charge in [-0.15, -0.1) is 11.3 Å². The molecule has 0 unspecified atom stereocenters.